The molecule has 1 nitrogen and oxygen atoms in total. The molecule has 1 heterocycles. The van der Waals surface area contributed by atoms with E-state index in [4.69, 9.17) is 3.07 Å². The van der Waals surface area contributed by atoms with E-state index in [0.717, 1.165) is 13.0 Å². The van der Waals surface area contributed by atoms with Crippen LogP contribution in [0.2, 0.25) is 0 Å². The maximum atomic E-state index is 4.89. The molecule has 0 aliphatic carbocycles. The van der Waals surface area contributed by atoms with Crippen molar-refractivity contribution in [1.82, 2.24) is 0 Å². The summed E-state index contributed by atoms with van der Waals surface area (Å²) in [6, 6.07) is 4.19. The maximum Gasteiger partial charge on any atom is 0.109 e. The fourth-order valence-electron chi connectivity index (χ4n) is 0.594. The summed E-state index contributed by atoms with van der Waals surface area (Å²) in [7, 11) is 0. The highest BCUT2D eigenvalue weighted by Crippen LogP contribution is 2.09. The zero-order valence-electron chi connectivity index (χ0n) is 4.84. The molecule has 0 amide bonds. The quantitative estimate of drug-likeness (QED) is 0.753. The van der Waals surface area contributed by atoms with Crippen molar-refractivity contribution >= 4 is 34.3 Å². The molecule has 0 bridgehead atoms. The molecule has 0 aromatic carbocycles. The van der Waals surface area contributed by atoms with Gasteiger partial charge in [0.15, 0.2) is 0 Å². The Morgan fingerprint density at radius 1 is 1.67 bits per heavy atom. The predicted molar refractivity (Wildman–Crippen MR) is 48.0 cm³/mol. The number of thiophene rings is 1. The van der Waals surface area contributed by atoms with Crippen LogP contribution in [0.25, 0.3) is 0 Å². The van der Waals surface area contributed by atoms with Crippen molar-refractivity contribution in [3.8, 4) is 0 Å². The van der Waals surface area contributed by atoms with E-state index in [0.29, 0.717) is 0 Å². The summed E-state index contributed by atoms with van der Waals surface area (Å²) in [6.07, 6.45) is 1.04. The molecule has 0 atom stereocenters. The van der Waals surface area contributed by atoms with Crippen LogP contribution in [0, 0.1) is 0 Å². The third kappa shape index (κ3) is 2.64. The van der Waals surface area contributed by atoms with E-state index in [9.17, 15) is 0 Å². The second-order valence-corrected chi connectivity index (χ2v) is 3.30. The predicted octanol–water partition coefficient (Wildman–Crippen LogP) is 2.66. The minimum absolute atomic E-state index is 0.821. The first kappa shape index (κ1) is 7.50. The van der Waals surface area contributed by atoms with Crippen LogP contribution in [-0.2, 0) is 9.49 Å². The van der Waals surface area contributed by atoms with Gasteiger partial charge in [0.25, 0.3) is 0 Å². The third-order valence-electron chi connectivity index (χ3n) is 1.01. The van der Waals surface area contributed by atoms with Crippen LogP contribution in [0.1, 0.15) is 4.88 Å². The highest BCUT2D eigenvalue weighted by molar-refractivity contribution is 14.1. The average Bonchev–Trinajstić information content (AvgIpc) is 2.34. The van der Waals surface area contributed by atoms with Gasteiger partial charge in [0.1, 0.15) is 23.0 Å². The first-order chi connectivity index (χ1) is 4.43. The Hall–Kier alpha value is 0.390. The molecule has 0 unspecified atom stereocenters. The van der Waals surface area contributed by atoms with Gasteiger partial charge in [0.2, 0.25) is 0 Å². The summed E-state index contributed by atoms with van der Waals surface area (Å²) in [4.78, 5) is 1.40. The van der Waals surface area contributed by atoms with Crippen molar-refractivity contribution in [2.75, 3.05) is 6.61 Å². The average molecular weight is 254 g/mol. The molecule has 0 aliphatic heterocycles. The fourth-order valence-corrected chi connectivity index (χ4v) is 1.50. The van der Waals surface area contributed by atoms with Gasteiger partial charge >= 0.3 is 0 Å². The number of hydrogen-bond acceptors (Lipinski definition) is 2. The lowest BCUT2D eigenvalue weighted by atomic mass is 10.4. The fraction of sp³-hybridized carbons (Fsp3) is 0.333. The van der Waals surface area contributed by atoms with E-state index < -0.39 is 0 Å². The molecule has 0 radical (unpaired) electrons. The lowest BCUT2D eigenvalue weighted by molar-refractivity contribution is 0.433. The lowest BCUT2D eigenvalue weighted by Gasteiger charge is -1.90. The molecule has 0 saturated heterocycles. The maximum absolute atomic E-state index is 4.89. The summed E-state index contributed by atoms with van der Waals surface area (Å²) in [6.45, 7) is 0.821. The molecule has 0 fully saturated rings. The van der Waals surface area contributed by atoms with Gasteiger partial charge < -0.3 is 3.07 Å². The molecule has 0 saturated carbocycles. The Kier molecular flexibility index (Phi) is 3.54. The van der Waals surface area contributed by atoms with E-state index in [1.165, 1.54) is 4.88 Å². The van der Waals surface area contributed by atoms with Gasteiger partial charge in [0.05, 0.1) is 6.61 Å². The SMILES string of the molecule is IOCCc1cccs1. The zero-order valence-corrected chi connectivity index (χ0v) is 7.81. The molecular weight excluding hydrogens is 247 g/mol. The molecule has 0 spiro atoms. The number of hydrogen-bond donors (Lipinski definition) is 0. The van der Waals surface area contributed by atoms with Crippen LogP contribution < -0.4 is 0 Å². The molecule has 1 rings (SSSR count). The Bertz CT molecular complexity index is 150. The standard InChI is InChI=1S/C6H7IOS/c7-8-4-3-6-2-1-5-9-6/h1-2,5H,3-4H2. The molecule has 50 valence electrons. The molecule has 0 N–H and O–H groups in total. The van der Waals surface area contributed by atoms with Gasteiger partial charge in [-0.2, -0.15) is 0 Å². The molecule has 1 aromatic heterocycles. The molecular formula is C6H7IOS. The minimum Gasteiger partial charge on any atom is -0.315 e. The number of rotatable bonds is 3. The smallest absolute Gasteiger partial charge is 0.109 e. The molecule has 0 aliphatic rings. The largest absolute Gasteiger partial charge is 0.315 e. The van der Waals surface area contributed by atoms with E-state index in [2.05, 4.69) is 17.5 Å². The Morgan fingerprint density at radius 3 is 3.11 bits per heavy atom. The number of halogens is 1. The van der Waals surface area contributed by atoms with Crippen LogP contribution in [-0.4, -0.2) is 6.61 Å². The summed E-state index contributed by atoms with van der Waals surface area (Å²) in [5.41, 5.74) is 0. The van der Waals surface area contributed by atoms with Crippen LogP contribution in [0.15, 0.2) is 17.5 Å². The van der Waals surface area contributed by atoms with Crippen molar-refractivity contribution in [3.63, 3.8) is 0 Å². The zero-order chi connectivity index (χ0) is 6.53. The van der Waals surface area contributed by atoms with E-state index in [1.54, 1.807) is 11.3 Å². The summed E-state index contributed by atoms with van der Waals surface area (Å²) >= 11 is 3.70. The summed E-state index contributed by atoms with van der Waals surface area (Å²) in [5.74, 6) is 0. The van der Waals surface area contributed by atoms with Gasteiger partial charge in [-0.3, -0.25) is 0 Å². The van der Waals surface area contributed by atoms with E-state index in [1.807, 2.05) is 23.0 Å². The molecule has 1 aromatic rings. The summed E-state index contributed by atoms with van der Waals surface area (Å²) in [5, 5.41) is 2.09. The minimum atomic E-state index is 0.821. The van der Waals surface area contributed by atoms with E-state index in [-0.39, 0.29) is 0 Å². The highest BCUT2D eigenvalue weighted by atomic mass is 127. The van der Waals surface area contributed by atoms with Crippen LogP contribution in [0.4, 0.5) is 0 Å². The second kappa shape index (κ2) is 4.24. The van der Waals surface area contributed by atoms with Gasteiger partial charge in [0, 0.05) is 11.3 Å². The normalized spacial score (nSPS) is 9.89. The Morgan fingerprint density at radius 2 is 2.56 bits per heavy atom. The van der Waals surface area contributed by atoms with Gasteiger partial charge in [-0.15, -0.1) is 11.3 Å². The first-order valence-corrected chi connectivity index (χ1v) is 4.45. The van der Waals surface area contributed by atoms with Crippen molar-refractivity contribution in [3.05, 3.63) is 22.4 Å². The second-order valence-electron chi connectivity index (χ2n) is 1.64. The third-order valence-corrected chi connectivity index (χ3v) is 2.38. The molecule has 3 heteroatoms. The van der Waals surface area contributed by atoms with Crippen LogP contribution in [0.5, 0.6) is 0 Å². The van der Waals surface area contributed by atoms with Crippen molar-refractivity contribution in [2.24, 2.45) is 0 Å². The monoisotopic (exact) mass is 254 g/mol. The Labute approximate surface area is 72.7 Å². The van der Waals surface area contributed by atoms with Gasteiger partial charge in [-0.25, -0.2) is 0 Å². The summed E-state index contributed by atoms with van der Waals surface area (Å²) < 4.78 is 4.89. The van der Waals surface area contributed by atoms with Crippen molar-refractivity contribution in [2.45, 2.75) is 6.42 Å². The van der Waals surface area contributed by atoms with Gasteiger partial charge in [-0.1, -0.05) is 6.07 Å². The highest BCUT2D eigenvalue weighted by Gasteiger charge is 1.90. The van der Waals surface area contributed by atoms with Crippen LogP contribution >= 0.6 is 34.3 Å². The lowest BCUT2D eigenvalue weighted by Crippen LogP contribution is -1.86. The van der Waals surface area contributed by atoms with Crippen molar-refractivity contribution in [1.29, 1.82) is 0 Å². The Balaban J connectivity index is 2.30. The first-order valence-electron chi connectivity index (χ1n) is 2.69. The molecule has 9 heavy (non-hydrogen) atoms. The van der Waals surface area contributed by atoms with Gasteiger partial charge in [-0.05, 0) is 11.4 Å². The van der Waals surface area contributed by atoms with E-state index >= 15 is 0 Å². The van der Waals surface area contributed by atoms with Crippen molar-refractivity contribution < 1.29 is 3.07 Å². The topological polar surface area (TPSA) is 9.23 Å². The van der Waals surface area contributed by atoms with Crippen LogP contribution in [0.3, 0.4) is 0 Å².